The fraction of sp³-hybridized carbons (Fsp3) is 0.679. The van der Waals surface area contributed by atoms with Crippen LogP contribution < -0.4 is 0 Å². The lowest BCUT2D eigenvalue weighted by atomic mass is 9.37. The third-order valence-electron chi connectivity index (χ3n) is 10.5. The standard InChI is InChI=1S/C28H34O8/c1-15(29)33-19-13-18-24(2,3)35-20(30)8-10-25(18,4)17-7-11-26(5)21(16-9-12-32-14-16)34-23(31)22-28(26,36-22)27(17,19)6/h8-10,12,14,17-19,21-22H,7,11,13H2,1-6H3/t17?,18?,19-,21+,22-,25-,26+,27+,28-/m1/s1. The molecule has 2 unspecified atom stereocenters. The summed E-state index contributed by atoms with van der Waals surface area (Å²) in [5, 5.41) is 0. The molecule has 1 aromatic heterocycles. The third kappa shape index (κ3) is 2.66. The topological polar surface area (TPSA) is 105 Å². The molecule has 1 aromatic rings. The van der Waals surface area contributed by atoms with Gasteiger partial charge in [0.1, 0.15) is 23.4 Å². The summed E-state index contributed by atoms with van der Waals surface area (Å²) in [5.41, 5.74) is -2.64. The van der Waals surface area contributed by atoms with Crippen LogP contribution in [0.4, 0.5) is 0 Å². The summed E-state index contributed by atoms with van der Waals surface area (Å²) >= 11 is 0. The van der Waals surface area contributed by atoms with E-state index in [0.29, 0.717) is 6.42 Å². The summed E-state index contributed by atoms with van der Waals surface area (Å²) in [7, 11) is 0. The number of fused-ring (bicyclic) bond motifs is 3. The normalized spacial score (nSPS) is 48.2. The van der Waals surface area contributed by atoms with Crippen molar-refractivity contribution in [1.82, 2.24) is 0 Å². The summed E-state index contributed by atoms with van der Waals surface area (Å²) in [4.78, 5) is 38.3. The van der Waals surface area contributed by atoms with E-state index >= 15 is 0 Å². The van der Waals surface area contributed by atoms with Crippen LogP contribution in [0.15, 0.2) is 35.2 Å². The minimum absolute atomic E-state index is 0.0490. The zero-order valence-electron chi connectivity index (χ0n) is 21.7. The number of hydrogen-bond donors (Lipinski definition) is 0. The molecule has 2 aliphatic carbocycles. The van der Waals surface area contributed by atoms with Crippen LogP contribution in [0.2, 0.25) is 0 Å². The molecule has 4 fully saturated rings. The molecular formula is C28H34O8. The van der Waals surface area contributed by atoms with Gasteiger partial charge in [-0.3, -0.25) is 4.79 Å². The average molecular weight is 499 g/mol. The van der Waals surface area contributed by atoms with E-state index in [1.54, 1.807) is 12.5 Å². The lowest BCUT2D eigenvalue weighted by Gasteiger charge is -2.67. The van der Waals surface area contributed by atoms with E-state index in [1.165, 1.54) is 13.0 Å². The molecule has 0 amide bonds. The highest BCUT2D eigenvalue weighted by atomic mass is 16.7. The molecule has 2 saturated heterocycles. The van der Waals surface area contributed by atoms with E-state index in [9.17, 15) is 14.4 Å². The van der Waals surface area contributed by atoms with Gasteiger partial charge in [-0.1, -0.05) is 26.8 Å². The molecule has 0 aromatic carbocycles. The molecule has 36 heavy (non-hydrogen) atoms. The molecule has 194 valence electrons. The Balaban J connectivity index is 1.55. The van der Waals surface area contributed by atoms with Gasteiger partial charge in [0.15, 0.2) is 6.10 Å². The number of carbonyl (C=O) groups excluding carboxylic acids is 3. The van der Waals surface area contributed by atoms with E-state index in [0.717, 1.165) is 18.4 Å². The highest BCUT2D eigenvalue weighted by Gasteiger charge is 2.88. The molecule has 5 aliphatic rings. The van der Waals surface area contributed by atoms with Crippen LogP contribution in [0.25, 0.3) is 0 Å². The second-order valence-corrected chi connectivity index (χ2v) is 12.5. The van der Waals surface area contributed by atoms with Crippen LogP contribution in [-0.4, -0.2) is 41.3 Å². The maximum atomic E-state index is 13.3. The Labute approximate surface area is 210 Å². The second-order valence-electron chi connectivity index (χ2n) is 12.5. The Morgan fingerprint density at radius 3 is 2.50 bits per heavy atom. The van der Waals surface area contributed by atoms with E-state index in [2.05, 4.69) is 20.8 Å². The lowest BCUT2D eigenvalue weighted by Crippen LogP contribution is -2.72. The van der Waals surface area contributed by atoms with Gasteiger partial charge in [-0.15, -0.1) is 0 Å². The number of ether oxygens (including phenoxy) is 4. The van der Waals surface area contributed by atoms with E-state index < -0.39 is 51.7 Å². The molecule has 6 rings (SSSR count). The fourth-order valence-electron chi connectivity index (χ4n) is 9.13. The minimum atomic E-state index is -0.899. The van der Waals surface area contributed by atoms with Gasteiger partial charge in [0.2, 0.25) is 0 Å². The van der Waals surface area contributed by atoms with Crippen molar-refractivity contribution in [3.63, 3.8) is 0 Å². The quantitative estimate of drug-likeness (QED) is 0.338. The first-order valence-electron chi connectivity index (χ1n) is 12.8. The number of allylic oxidation sites excluding steroid dienone is 1. The highest BCUT2D eigenvalue weighted by molar-refractivity contribution is 5.83. The SMILES string of the molecule is CC(=O)O[C@@H]1CC2C(C)(C)OC(=O)C=C[C@]2(C)C2CC[C@@]3(C)[C@H](c4ccoc4)OC(=O)[C@H]4O[C@]43[C@@]21C. The maximum Gasteiger partial charge on any atom is 0.339 e. The predicted octanol–water partition coefficient (Wildman–Crippen LogP) is 4.29. The Bertz CT molecular complexity index is 1170. The Morgan fingerprint density at radius 1 is 1.08 bits per heavy atom. The van der Waals surface area contributed by atoms with E-state index in [-0.39, 0.29) is 23.8 Å². The Kier molecular flexibility index (Phi) is 4.64. The largest absolute Gasteiger partial charge is 0.472 e. The first-order chi connectivity index (χ1) is 16.8. The van der Waals surface area contributed by atoms with Crippen molar-refractivity contribution in [3.05, 3.63) is 36.3 Å². The Morgan fingerprint density at radius 2 is 1.83 bits per heavy atom. The summed E-state index contributed by atoms with van der Waals surface area (Å²) < 4.78 is 29.8. The number of hydrogen-bond acceptors (Lipinski definition) is 8. The molecule has 4 heterocycles. The van der Waals surface area contributed by atoms with Crippen LogP contribution in [-0.2, 0) is 33.3 Å². The van der Waals surface area contributed by atoms with Crippen molar-refractivity contribution >= 4 is 17.9 Å². The first kappa shape index (κ1) is 23.8. The van der Waals surface area contributed by atoms with Gasteiger partial charge in [0.25, 0.3) is 0 Å². The fourth-order valence-corrected chi connectivity index (χ4v) is 9.13. The van der Waals surface area contributed by atoms with E-state index in [4.69, 9.17) is 23.4 Å². The summed E-state index contributed by atoms with van der Waals surface area (Å²) in [6.45, 7) is 11.7. The van der Waals surface area contributed by atoms with Crippen LogP contribution in [0.5, 0.6) is 0 Å². The molecule has 9 atom stereocenters. The molecule has 3 aliphatic heterocycles. The highest BCUT2D eigenvalue weighted by Crippen LogP contribution is 2.79. The van der Waals surface area contributed by atoms with Gasteiger partial charge >= 0.3 is 17.9 Å². The minimum Gasteiger partial charge on any atom is -0.472 e. The number of carbonyl (C=O) groups is 3. The van der Waals surface area contributed by atoms with Crippen LogP contribution in [0, 0.1) is 28.1 Å². The number of esters is 3. The molecule has 0 radical (unpaired) electrons. The second kappa shape index (κ2) is 7.03. The first-order valence-corrected chi connectivity index (χ1v) is 12.8. The van der Waals surface area contributed by atoms with Gasteiger partial charge in [0, 0.05) is 35.3 Å². The van der Waals surface area contributed by atoms with Crippen LogP contribution in [0.3, 0.4) is 0 Å². The molecule has 8 heteroatoms. The molecule has 2 saturated carbocycles. The van der Waals surface area contributed by atoms with Crippen molar-refractivity contribution < 1.29 is 37.7 Å². The van der Waals surface area contributed by atoms with Gasteiger partial charge in [0.05, 0.1) is 12.5 Å². The maximum absolute atomic E-state index is 13.3. The summed E-state index contributed by atoms with van der Waals surface area (Å²) in [5.74, 6) is -1.31. The number of epoxide rings is 1. The molecule has 0 N–H and O–H groups in total. The molecule has 8 nitrogen and oxygen atoms in total. The van der Waals surface area contributed by atoms with Crippen molar-refractivity contribution in [2.45, 2.75) is 90.3 Å². The van der Waals surface area contributed by atoms with Gasteiger partial charge in [-0.05, 0) is 50.5 Å². The number of furan rings is 1. The number of rotatable bonds is 2. The zero-order chi connectivity index (χ0) is 25.9. The van der Waals surface area contributed by atoms with Crippen LogP contribution in [0.1, 0.15) is 72.5 Å². The Hall–Kier alpha value is -2.61. The molecular weight excluding hydrogens is 464 g/mol. The van der Waals surface area contributed by atoms with Crippen molar-refractivity contribution in [3.8, 4) is 0 Å². The van der Waals surface area contributed by atoms with Gasteiger partial charge in [-0.25, -0.2) is 9.59 Å². The monoisotopic (exact) mass is 498 g/mol. The van der Waals surface area contributed by atoms with Crippen molar-refractivity contribution in [2.24, 2.45) is 28.1 Å². The summed E-state index contributed by atoms with van der Waals surface area (Å²) in [6, 6.07) is 1.83. The summed E-state index contributed by atoms with van der Waals surface area (Å²) in [6.07, 6.45) is 6.89. The predicted molar refractivity (Wildman–Crippen MR) is 125 cm³/mol. The third-order valence-corrected chi connectivity index (χ3v) is 10.5. The van der Waals surface area contributed by atoms with E-state index in [1.807, 2.05) is 26.0 Å². The zero-order valence-corrected chi connectivity index (χ0v) is 21.7. The average Bonchev–Trinajstić information content (AvgIpc) is 3.38. The lowest BCUT2D eigenvalue weighted by molar-refractivity contribution is -0.257. The van der Waals surface area contributed by atoms with Gasteiger partial charge in [-0.2, -0.15) is 0 Å². The van der Waals surface area contributed by atoms with Crippen molar-refractivity contribution in [2.75, 3.05) is 0 Å². The molecule has 0 bridgehead atoms. The smallest absolute Gasteiger partial charge is 0.339 e. The van der Waals surface area contributed by atoms with Crippen LogP contribution >= 0.6 is 0 Å². The van der Waals surface area contributed by atoms with Crippen molar-refractivity contribution in [1.29, 1.82) is 0 Å². The number of cyclic esters (lactones) is 2. The van der Waals surface area contributed by atoms with Gasteiger partial charge < -0.3 is 23.4 Å². The molecule has 1 spiro atoms.